The third-order valence-electron chi connectivity index (χ3n) is 2.04. The number of hydrogen-bond donors (Lipinski definition) is 1. The van der Waals surface area contributed by atoms with Gasteiger partial charge in [-0.25, -0.2) is 4.39 Å². The Labute approximate surface area is 89.9 Å². The summed E-state index contributed by atoms with van der Waals surface area (Å²) in [6.45, 7) is 1.72. The van der Waals surface area contributed by atoms with E-state index in [2.05, 4.69) is 15.9 Å². The zero-order valence-corrected chi connectivity index (χ0v) is 9.21. The first-order valence-electron chi connectivity index (χ1n) is 4.24. The SMILES string of the molecule is CCC(C(=O)O)c1cc(Br)ccc1F. The maximum absolute atomic E-state index is 13.3. The lowest BCUT2D eigenvalue weighted by atomic mass is 9.96. The molecule has 0 spiro atoms. The smallest absolute Gasteiger partial charge is 0.311 e. The molecule has 4 heteroatoms. The van der Waals surface area contributed by atoms with Crippen LogP contribution in [0.1, 0.15) is 24.8 Å². The van der Waals surface area contributed by atoms with Crippen LogP contribution in [0, 0.1) is 5.82 Å². The molecule has 1 aromatic carbocycles. The quantitative estimate of drug-likeness (QED) is 0.907. The highest BCUT2D eigenvalue weighted by Gasteiger charge is 2.21. The third kappa shape index (κ3) is 2.32. The van der Waals surface area contributed by atoms with Gasteiger partial charge < -0.3 is 5.11 Å². The van der Waals surface area contributed by atoms with E-state index in [1.54, 1.807) is 13.0 Å². The van der Waals surface area contributed by atoms with Crippen molar-refractivity contribution in [3.05, 3.63) is 34.1 Å². The van der Waals surface area contributed by atoms with Crippen LogP contribution < -0.4 is 0 Å². The molecule has 0 saturated carbocycles. The molecule has 0 radical (unpaired) electrons. The van der Waals surface area contributed by atoms with Crippen LogP contribution in [-0.4, -0.2) is 11.1 Å². The summed E-state index contributed by atoms with van der Waals surface area (Å²) in [4.78, 5) is 10.8. The monoisotopic (exact) mass is 260 g/mol. The second-order valence-electron chi connectivity index (χ2n) is 2.96. The van der Waals surface area contributed by atoms with Gasteiger partial charge in [0.1, 0.15) is 5.82 Å². The molecule has 1 atom stereocenters. The summed E-state index contributed by atoms with van der Waals surface area (Å²) < 4.78 is 14.0. The predicted octanol–water partition coefficient (Wildman–Crippen LogP) is 3.17. The second kappa shape index (κ2) is 4.55. The van der Waals surface area contributed by atoms with Crippen LogP contribution >= 0.6 is 15.9 Å². The largest absolute Gasteiger partial charge is 0.481 e. The molecule has 1 aromatic rings. The minimum absolute atomic E-state index is 0.231. The first-order valence-corrected chi connectivity index (χ1v) is 5.03. The number of benzene rings is 1. The van der Waals surface area contributed by atoms with Crippen molar-refractivity contribution in [3.8, 4) is 0 Å². The number of carbonyl (C=O) groups is 1. The summed E-state index contributed by atoms with van der Waals surface area (Å²) >= 11 is 3.18. The van der Waals surface area contributed by atoms with Gasteiger partial charge in [0.2, 0.25) is 0 Å². The van der Waals surface area contributed by atoms with Crippen molar-refractivity contribution < 1.29 is 14.3 Å². The lowest BCUT2D eigenvalue weighted by molar-refractivity contribution is -0.138. The molecule has 0 saturated heterocycles. The van der Waals surface area contributed by atoms with E-state index in [0.717, 1.165) is 0 Å². The van der Waals surface area contributed by atoms with Gasteiger partial charge in [0.15, 0.2) is 0 Å². The zero-order valence-electron chi connectivity index (χ0n) is 7.63. The highest BCUT2D eigenvalue weighted by atomic mass is 79.9. The van der Waals surface area contributed by atoms with Crippen LogP contribution in [0.2, 0.25) is 0 Å². The molecule has 76 valence electrons. The minimum atomic E-state index is -0.996. The molecule has 0 bridgehead atoms. The van der Waals surface area contributed by atoms with Crippen molar-refractivity contribution in [2.75, 3.05) is 0 Å². The summed E-state index contributed by atoms with van der Waals surface area (Å²) in [5.41, 5.74) is 0.231. The van der Waals surface area contributed by atoms with Crippen LogP contribution in [0.25, 0.3) is 0 Å². The zero-order chi connectivity index (χ0) is 10.7. The molecule has 0 amide bonds. The molecule has 0 aliphatic carbocycles. The summed E-state index contributed by atoms with van der Waals surface area (Å²) in [6.07, 6.45) is 0.378. The Balaban J connectivity index is 3.15. The second-order valence-corrected chi connectivity index (χ2v) is 3.88. The normalized spacial score (nSPS) is 12.5. The number of halogens is 2. The first kappa shape index (κ1) is 11.2. The van der Waals surface area contributed by atoms with Crippen LogP contribution in [0.4, 0.5) is 4.39 Å². The highest BCUT2D eigenvalue weighted by Crippen LogP contribution is 2.25. The summed E-state index contributed by atoms with van der Waals surface area (Å²) in [5, 5.41) is 8.86. The Morgan fingerprint density at radius 1 is 1.64 bits per heavy atom. The van der Waals surface area contributed by atoms with Gasteiger partial charge in [0.25, 0.3) is 0 Å². The van der Waals surface area contributed by atoms with Gasteiger partial charge >= 0.3 is 5.97 Å². The fraction of sp³-hybridized carbons (Fsp3) is 0.300. The number of rotatable bonds is 3. The number of hydrogen-bond acceptors (Lipinski definition) is 1. The molecular formula is C10H10BrFO2. The molecule has 0 heterocycles. The summed E-state index contributed by atoms with van der Waals surface area (Å²) in [7, 11) is 0. The van der Waals surface area contributed by atoms with Crippen LogP contribution in [-0.2, 0) is 4.79 Å². The van der Waals surface area contributed by atoms with Crippen molar-refractivity contribution in [2.24, 2.45) is 0 Å². The van der Waals surface area contributed by atoms with Crippen molar-refractivity contribution in [1.82, 2.24) is 0 Å². The van der Waals surface area contributed by atoms with E-state index in [0.29, 0.717) is 10.9 Å². The lowest BCUT2D eigenvalue weighted by Gasteiger charge is -2.11. The van der Waals surface area contributed by atoms with E-state index < -0.39 is 17.7 Å². The Bertz CT molecular complexity index is 352. The standard InChI is InChI=1S/C10H10BrFO2/c1-2-7(10(13)14)8-5-6(11)3-4-9(8)12/h3-5,7H,2H2,1H3,(H,13,14). The van der Waals surface area contributed by atoms with Gasteiger partial charge in [-0.2, -0.15) is 0 Å². The molecule has 2 nitrogen and oxygen atoms in total. The van der Waals surface area contributed by atoms with E-state index >= 15 is 0 Å². The van der Waals surface area contributed by atoms with E-state index in [9.17, 15) is 9.18 Å². The van der Waals surface area contributed by atoms with Gasteiger partial charge in [0.05, 0.1) is 5.92 Å². The molecule has 0 fully saturated rings. The molecule has 1 N–H and O–H groups in total. The number of aliphatic carboxylic acids is 1. The van der Waals surface area contributed by atoms with Crippen LogP contribution in [0.15, 0.2) is 22.7 Å². The topological polar surface area (TPSA) is 37.3 Å². The maximum atomic E-state index is 13.3. The van der Waals surface area contributed by atoms with Gasteiger partial charge in [-0.15, -0.1) is 0 Å². The third-order valence-corrected chi connectivity index (χ3v) is 2.53. The van der Waals surface area contributed by atoms with Crippen molar-refractivity contribution in [3.63, 3.8) is 0 Å². The van der Waals surface area contributed by atoms with Crippen LogP contribution in [0.3, 0.4) is 0 Å². The first-order chi connectivity index (χ1) is 6.56. The van der Waals surface area contributed by atoms with E-state index in [4.69, 9.17) is 5.11 Å². The van der Waals surface area contributed by atoms with Gasteiger partial charge in [-0.1, -0.05) is 22.9 Å². The summed E-state index contributed by atoms with van der Waals surface area (Å²) in [6, 6.07) is 4.33. The fourth-order valence-electron chi connectivity index (χ4n) is 1.31. The van der Waals surface area contributed by atoms with E-state index in [1.807, 2.05) is 0 Å². The number of carboxylic acids is 1. The van der Waals surface area contributed by atoms with Crippen molar-refractivity contribution >= 4 is 21.9 Å². The Morgan fingerprint density at radius 2 is 2.29 bits per heavy atom. The highest BCUT2D eigenvalue weighted by molar-refractivity contribution is 9.10. The maximum Gasteiger partial charge on any atom is 0.311 e. The van der Waals surface area contributed by atoms with Crippen molar-refractivity contribution in [2.45, 2.75) is 19.3 Å². The Hall–Kier alpha value is -0.900. The average Bonchev–Trinajstić information content (AvgIpc) is 2.11. The molecule has 1 rings (SSSR count). The Kier molecular flexibility index (Phi) is 3.63. The molecule has 0 aliphatic rings. The van der Waals surface area contributed by atoms with E-state index in [-0.39, 0.29) is 5.56 Å². The van der Waals surface area contributed by atoms with Gasteiger partial charge in [0, 0.05) is 10.0 Å². The summed E-state index contributed by atoms with van der Waals surface area (Å²) in [5.74, 6) is -2.24. The molecule has 14 heavy (non-hydrogen) atoms. The molecule has 0 aromatic heterocycles. The molecular weight excluding hydrogens is 251 g/mol. The molecule has 1 unspecified atom stereocenters. The Morgan fingerprint density at radius 3 is 2.79 bits per heavy atom. The van der Waals surface area contributed by atoms with Crippen molar-refractivity contribution in [1.29, 1.82) is 0 Å². The average molecular weight is 261 g/mol. The van der Waals surface area contributed by atoms with E-state index in [1.165, 1.54) is 12.1 Å². The minimum Gasteiger partial charge on any atom is -0.481 e. The molecule has 0 aliphatic heterocycles. The van der Waals surface area contributed by atoms with Gasteiger partial charge in [-0.05, 0) is 24.6 Å². The van der Waals surface area contributed by atoms with Crippen LogP contribution in [0.5, 0.6) is 0 Å². The number of carboxylic acid groups (broad SMARTS) is 1. The fourth-order valence-corrected chi connectivity index (χ4v) is 1.69. The lowest BCUT2D eigenvalue weighted by Crippen LogP contribution is -2.12. The predicted molar refractivity (Wildman–Crippen MR) is 54.8 cm³/mol. The van der Waals surface area contributed by atoms with Gasteiger partial charge in [-0.3, -0.25) is 4.79 Å².